The number of aromatic carboxylic acids is 1. The van der Waals surface area contributed by atoms with Crippen LogP contribution in [-0.4, -0.2) is 16.2 Å². The van der Waals surface area contributed by atoms with E-state index in [1.54, 1.807) is 22.6 Å². The summed E-state index contributed by atoms with van der Waals surface area (Å²) in [4.78, 5) is 10.5. The molecule has 7 heteroatoms. The Kier molecular flexibility index (Phi) is 3.12. The Hall–Kier alpha value is -0.990. The number of benzene rings is 1. The summed E-state index contributed by atoms with van der Waals surface area (Å²) in [6.45, 7) is 0. The van der Waals surface area contributed by atoms with Crippen LogP contribution in [0, 0.1) is 3.57 Å². The summed E-state index contributed by atoms with van der Waals surface area (Å²) in [5, 5.41) is 17.6. The van der Waals surface area contributed by atoms with E-state index in [-0.39, 0.29) is 3.57 Å². The monoisotopic (exact) mass is 332 g/mol. The van der Waals surface area contributed by atoms with E-state index in [0.717, 1.165) is 6.07 Å². The van der Waals surface area contributed by atoms with Gasteiger partial charge in [-0.05, 0) is 34.7 Å². The molecule has 0 amide bonds. The zero-order valence-corrected chi connectivity index (χ0v) is 9.13. The Bertz CT molecular complexity index is 414. The highest BCUT2D eigenvalue weighted by atomic mass is 127. The Morgan fingerprint density at radius 1 is 1.33 bits per heavy atom. The highest BCUT2D eigenvalue weighted by Gasteiger charge is 2.36. The Balaban J connectivity index is 3.49. The van der Waals surface area contributed by atoms with E-state index in [4.69, 9.17) is 10.2 Å². The van der Waals surface area contributed by atoms with Crippen LogP contribution < -0.4 is 0 Å². The highest BCUT2D eigenvalue weighted by molar-refractivity contribution is 14.1. The van der Waals surface area contributed by atoms with E-state index in [9.17, 15) is 18.0 Å². The molecule has 0 radical (unpaired) electrons. The van der Waals surface area contributed by atoms with Gasteiger partial charge in [-0.15, -0.1) is 0 Å². The Morgan fingerprint density at radius 2 is 1.87 bits per heavy atom. The number of rotatable bonds is 1. The summed E-state index contributed by atoms with van der Waals surface area (Å²) in [5.41, 5.74) is -2.22. The van der Waals surface area contributed by atoms with Crippen LogP contribution in [0.2, 0.25) is 0 Å². The number of phenols is 1. The number of carboxylic acids is 1. The first-order chi connectivity index (χ1) is 6.73. The Morgan fingerprint density at radius 3 is 2.27 bits per heavy atom. The molecule has 0 aliphatic heterocycles. The van der Waals surface area contributed by atoms with Crippen molar-refractivity contribution in [1.82, 2.24) is 0 Å². The van der Waals surface area contributed by atoms with E-state index >= 15 is 0 Å². The smallest absolute Gasteiger partial charge is 0.417 e. The van der Waals surface area contributed by atoms with Gasteiger partial charge >= 0.3 is 12.1 Å². The van der Waals surface area contributed by atoms with Crippen molar-refractivity contribution >= 4 is 28.6 Å². The zero-order valence-electron chi connectivity index (χ0n) is 6.97. The highest BCUT2D eigenvalue weighted by Crippen LogP contribution is 2.36. The van der Waals surface area contributed by atoms with Crippen LogP contribution in [0.3, 0.4) is 0 Å². The molecule has 0 aliphatic rings. The van der Waals surface area contributed by atoms with E-state index in [2.05, 4.69) is 0 Å². The van der Waals surface area contributed by atoms with Gasteiger partial charge in [0.1, 0.15) is 5.75 Å². The molecule has 0 saturated heterocycles. The van der Waals surface area contributed by atoms with Gasteiger partial charge in [0.2, 0.25) is 0 Å². The first-order valence-electron chi connectivity index (χ1n) is 3.56. The van der Waals surface area contributed by atoms with Crippen molar-refractivity contribution in [3.63, 3.8) is 0 Å². The van der Waals surface area contributed by atoms with Crippen molar-refractivity contribution in [2.24, 2.45) is 0 Å². The summed E-state index contributed by atoms with van der Waals surface area (Å²) >= 11 is 1.55. The lowest BCUT2D eigenvalue weighted by atomic mass is 10.1. The molecular formula is C8H4F3IO3. The van der Waals surface area contributed by atoms with Crippen molar-refractivity contribution in [2.75, 3.05) is 0 Å². The lowest BCUT2D eigenvalue weighted by molar-refractivity contribution is -0.138. The van der Waals surface area contributed by atoms with Crippen LogP contribution in [-0.2, 0) is 6.18 Å². The molecule has 82 valence electrons. The second kappa shape index (κ2) is 3.87. The minimum atomic E-state index is -4.80. The zero-order chi connectivity index (χ0) is 11.8. The SMILES string of the molecule is O=C(O)c1cc(I)c(O)cc1C(F)(F)F. The van der Waals surface area contributed by atoms with Gasteiger partial charge in [-0.25, -0.2) is 4.79 Å². The summed E-state index contributed by atoms with van der Waals surface area (Å²) < 4.78 is 37.1. The molecular weight excluding hydrogens is 328 g/mol. The van der Waals surface area contributed by atoms with Gasteiger partial charge in [-0.3, -0.25) is 0 Å². The predicted octanol–water partition coefficient (Wildman–Crippen LogP) is 2.71. The third-order valence-corrected chi connectivity index (χ3v) is 2.49. The summed E-state index contributed by atoms with van der Waals surface area (Å²) in [7, 11) is 0. The minimum absolute atomic E-state index is 0.0537. The normalized spacial score (nSPS) is 11.5. The maximum Gasteiger partial charge on any atom is 0.417 e. The predicted molar refractivity (Wildman–Crippen MR) is 52.8 cm³/mol. The third-order valence-electron chi connectivity index (χ3n) is 1.62. The molecule has 0 atom stereocenters. The topological polar surface area (TPSA) is 57.5 Å². The molecule has 3 nitrogen and oxygen atoms in total. The second-order valence-electron chi connectivity index (χ2n) is 2.65. The molecule has 0 unspecified atom stereocenters. The number of alkyl halides is 3. The first-order valence-corrected chi connectivity index (χ1v) is 4.64. The molecule has 0 heterocycles. The van der Waals surface area contributed by atoms with Gasteiger partial charge in [0.15, 0.2) is 0 Å². The van der Waals surface area contributed by atoms with Crippen LogP contribution >= 0.6 is 22.6 Å². The van der Waals surface area contributed by atoms with E-state index in [1.165, 1.54) is 0 Å². The molecule has 0 aromatic heterocycles. The molecule has 2 N–H and O–H groups in total. The first kappa shape index (κ1) is 12.1. The van der Waals surface area contributed by atoms with Crippen molar-refractivity contribution in [3.8, 4) is 5.75 Å². The Labute approximate surface area is 95.7 Å². The van der Waals surface area contributed by atoms with Gasteiger partial charge in [-0.2, -0.15) is 13.2 Å². The number of halogens is 4. The fraction of sp³-hybridized carbons (Fsp3) is 0.125. The maximum absolute atomic E-state index is 12.3. The number of carbonyl (C=O) groups is 1. The van der Waals surface area contributed by atoms with Crippen molar-refractivity contribution in [2.45, 2.75) is 6.18 Å². The van der Waals surface area contributed by atoms with Crippen molar-refractivity contribution < 1.29 is 28.2 Å². The summed E-state index contributed by atoms with van der Waals surface area (Å²) in [6.07, 6.45) is -4.80. The van der Waals surface area contributed by atoms with Crippen LogP contribution in [0.5, 0.6) is 5.75 Å². The standard InChI is InChI=1S/C8H4F3IO3/c9-8(10,11)4-2-6(13)5(12)1-3(4)7(14)15/h1-2,13H,(H,14,15). The van der Waals surface area contributed by atoms with Crippen LogP contribution in [0.25, 0.3) is 0 Å². The lowest BCUT2D eigenvalue weighted by Gasteiger charge is -2.11. The van der Waals surface area contributed by atoms with E-state index in [0.29, 0.717) is 6.07 Å². The quantitative estimate of drug-likeness (QED) is 0.778. The number of carboxylic acid groups (broad SMARTS) is 1. The van der Waals surface area contributed by atoms with E-state index in [1.807, 2.05) is 0 Å². The molecule has 0 aliphatic carbocycles. The molecule has 15 heavy (non-hydrogen) atoms. The largest absolute Gasteiger partial charge is 0.507 e. The van der Waals surface area contributed by atoms with E-state index < -0.39 is 29.0 Å². The maximum atomic E-state index is 12.3. The summed E-state index contributed by atoms with van der Waals surface area (Å²) in [6, 6.07) is 1.19. The molecule has 0 fully saturated rings. The lowest BCUT2D eigenvalue weighted by Crippen LogP contribution is -2.13. The van der Waals surface area contributed by atoms with Gasteiger partial charge in [0, 0.05) is 0 Å². The molecule has 0 saturated carbocycles. The van der Waals surface area contributed by atoms with Crippen LogP contribution in [0.15, 0.2) is 12.1 Å². The fourth-order valence-corrected chi connectivity index (χ4v) is 1.44. The molecule has 0 spiro atoms. The van der Waals surface area contributed by atoms with Gasteiger partial charge in [0.05, 0.1) is 14.7 Å². The van der Waals surface area contributed by atoms with Crippen LogP contribution in [0.4, 0.5) is 13.2 Å². The molecule has 1 aromatic rings. The number of hydrogen-bond donors (Lipinski definition) is 2. The number of hydrogen-bond acceptors (Lipinski definition) is 2. The van der Waals surface area contributed by atoms with Crippen molar-refractivity contribution in [1.29, 1.82) is 0 Å². The number of phenolic OH excluding ortho intramolecular Hbond substituents is 1. The third kappa shape index (κ3) is 2.52. The fourth-order valence-electron chi connectivity index (χ4n) is 0.973. The van der Waals surface area contributed by atoms with Gasteiger partial charge < -0.3 is 10.2 Å². The molecule has 1 aromatic carbocycles. The molecule has 1 rings (SSSR count). The van der Waals surface area contributed by atoms with Gasteiger partial charge in [0.25, 0.3) is 0 Å². The minimum Gasteiger partial charge on any atom is -0.507 e. The summed E-state index contributed by atoms with van der Waals surface area (Å²) in [5.74, 6) is -2.27. The number of aromatic hydroxyl groups is 1. The van der Waals surface area contributed by atoms with Crippen LogP contribution in [0.1, 0.15) is 15.9 Å². The van der Waals surface area contributed by atoms with Crippen molar-refractivity contribution in [3.05, 3.63) is 26.8 Å². The average molecular weight is 332 g/mol. The second-order valence-corrected chi connectivity index (χ2v) is 3.81. The average Bonchev–Trinajstić information content (AvgIpc) is 2.06. The van der Waals surface area contributed by atoms with Gasteiger partial charge in [-0.1, -0.05) is 0 Å². The molecule has 0 bridgehead atoms.